The molecule has 0 fully saturated rings. The number of halogens is 1. The summed E-state index contributed by atoms with van der Waals surface area (Å²) < 4.78 is 13.0. The number of para-hydroxylation sites is 1. The normalized spacial score (nSPS) is 10.4. The summed E-state index contributed by atoms with van der Waals surface area (Å²) in [7, 11) is 0. The highest BCUT2D eigenvalue weighted by Crippen LogP contribution is 2.24. The van der Waals surface area contributed by atoms with Gasteiger partial charge in [-0.15, -0.1) is 0 Å². The maximum Gasteiger partial charge on any atom is 0.133 e. The molecule has 19 heavy (non-hydrogen) atoms. The van der Waals surface area contributed by atoms with E-state index in [-0.39, 0.29) is 17.1 Å². The number of phenols is 1. The molecule has 0 heterocycles. The van der Waals surface area contributed by atoms with E-state index in [1.807, 2.05) is 0 Å². The summed E-state index contributed by atoms with van der Waals surface area (Å²) in [5.41, 5.74) is 1.23. The molecule has 0 aromatic heterocycles. The van der Waals surface area contributed by atoms with Crippen molar-refractivity contribution in [2.75, 3.05) is 0 Å². The minimum Gasteiger partial charge on any atom is -0.507 e. The number of phenolic OH excluding ortho intramolecular Hbond substituents is 1. The minimum absolute atomic E-state index is 0.00439. The Hall–Kier alpha value is -2.64. The van der Waals surface area contributed by atoms with E-state index >= 15 is 0 Å². The van der Waals surface area contributed by atoms with Crippen molar-refractivity contribution in [3.63, 3.8) is 0 Å². The molecular formula is C16H11FO2. The summed E-state index contributed by atoms with van der Waals surface area (Å²) >= 11 is 0. The monoisotopic (exact) mass is 254 g/mol. The van der Waals surface area contributed by atoms with Gasteiger partial charge in [0.25, 0.3) is 0 Å². The van der Waals surface area contributed by atoms with Crippen LogP contribution in [0.2, 0.25) is 0 Å². The molecule has 0 spiro atoms. The smallest absolute Gasteiger partial charge is 0.133 e. The van der Waals surface area contributed by atoms with Gasteiger partial charge in [0.15, 0.2) is 0 Å². The molecular weight excluding hydrogens is 243 g/mol. The lowest BCUT2D eigenvalue weighted by Gasteiger charge is -2.01. The SMILES string of the molecule is O=C=C(/C=C/c1cccc(F)c1)c1ccccc1O. The van der Waals surface area contributed by atoms with E-state index in [0.717, 1.165) is 0 Å². The number of benzene rings is 2. The molecule has 94 valence electrons. The van der Waals surface area contributed by atoms with E-state index in [1.165, 1.54) is 24.3 Å². The first-order valence-corrected chi connectivity index (χ1v) is 5.68. The van der Waals surface area contributed by atoms with Gasteiger partial charge < -0.3 is 5.11 Å². The van der Waals surface area contributed by atoms with Gasteiger partial charge >= 0.3 is 0 Å². The van der Waals surface area contributed by atoms with Gasteiger partial charge in [-0.2, -0.15) is 0 Å². The molecule has 0 unspecified atom stereocenters. The van der Waals surface area contributed by atoms with Gasteiger partial charge in [0.2, 0.25) is 0 Å². The largest absolute Gasteiger partial charge is 0.507 e. The van der Waals surface area contributed by atoms with Crippen LogP contribution < -0.4 is 0 Å². The third-order valence-electron chi connectivity index (χ3n) is 2.60. The van der Waals surface area contributed by atoms with Crippen LogP contribution in [0.25, 0.3) is 11.6 Å². The fourth-order valence-electron chi connectivity index (χ4n) is 1.67. The number of allylic oxidation sites excluding steroid dienone is 2. The minimum atomic E-state index is -0.346. The van der Waals surface area contributed by atoms with E-state index in [1.54, 1.807) is 42.3 Å². The fraction of sp³-hybridized carbons (Fsp3) is 0. The first-order valence-electron chi connectivity index (χ1n) is 5.68. The highest BCUT2D eigenvalue weighted by molar-refractivity contribution is 5.97. The molecule has 0 aliphatic heterocycles. The predicted molar refractivity (Wildman–Crippen MR) is 72.6 cm³/mol. The van der Waals surface area contributed by atoms with E-state index in [9.17, 15) is 14.3 Å². The van der Waals surface area contributed by atoms with Crippen LogP contribution >= 0.6 is 0 Å². The topological polar surface area (TPSA) is 37.3 Å². The van der Waals surface area contributed by atoms with Crippen LogP contribution in [0.15, 0.2) is 54.6 Å². The molecule has 0 aliphatic carbocycles. The second kappa shape index (κ2) is 5.80. The van der Waals surface area contributed by atoms with Crippen LogP contribution in [0.1, 0.15) is 11.1 Å². The fourth-order valence-corrected chi connectivity index (χ4v) is 1.67. The summed E-state index contributed by atoms with van der Waals surface area (Å²) in [6.07, 6.45) is 3.09. The van der Waals surface area contributed by atoms with Crippen LogP contribution in [0, 0.1) is 5.82 Å². The Bertz CT molecular complexity index is 668. The summed E-state index contributed by atoms with van der Waals surface area (Å²) in [5.74, 6) is 1.43. The van der Waals surface area contributed by atoms with Gasteiger partial charge in [0.05, 0.1) is 5.57 Å². The molecule has 0 radical (unpaired) electrons. The van der Waals surface area contributed by atoms with Crippen molar-refractivity contribution in [3.8, 4) is 5.75 Å². The van der Waals surface area contributed by atoms with Crippen LogP contribution in [-0.2, 0) is 4.79 Å². The first kappa shape index (κ1) is 12.8. The lowest BCUT2D eigenvalue weighted by molar-refractivity contribution is 0.473. The van der Waals surface area contributed by atoms with Crippen molar-refractivity contribution in [3.05, 3.63) is 71.6 Å². The van der Waals surface area contributed by atoms with Crippen LogP contribution in [0.5, 0.6) is 5.75 Å². The molecule has 0 aliphatic rings. The quantitative estimate of drug-likeness (QED) is 0.672. The van der Waals surface area contributed by atoms with E-state index < -0.39 is 0 Å². The average Bonchev–Trinajstić information content (AvgIpc) is 2.41. The summed E-state index contributed by atoms with van der Waals surface area (Å²) in [4.78, 5) is 10.9. The number of rotatable bonds is 3. The Morgan fingerprint density at radius 3 is 2.63 bits per heavy atom. The van der Waals surface area contributed by atoms with Crippen molar-refractivity contribution in [2.45, 2.75) is 0 Å². The van der Waals surface area contributed by atoms with Crippen molar-refractivity contribution < 1.29 is 14.3 Å². The number of hydrogen-bond donors (Lipinski definition) is 1. The molecule has 2 nitrogen and oxygen atoms in total. The average molecular weight is 254 g/mol. The molecule has 0 saturated heterocycles. The standard InChI is InChI=1S/C16H11FO2/c17-14-5-3-4-12(10-14)8-9-13(11-18)15-6-1-2-7-16(15)19/h1-10,19H/b9-8+. The zero-order chi connectivity index (χ0) is 13.7. The van der Waals surface area contributed by atoms with Gasteiger partial charge in [-0.25, -0.2) is 9.18 Å². The third kappa shape index (κ3) is 3.18. The van der Waals surface area contributed by atoms with Gasteiger partial charge in [0.1, 0.15) is 17.5 Å². The Morgan fingerprint density at radius 1 is 1.16 bits per heavy atom. The van der Waals surface area contributed by atoms with E-state index in [4.69, 9.17) is 0 Å². The van der Waals surface area contributed by atoms with Crippen LogP contribution in [-0.4, -0.2) is 11.0 Å². The molecule has 0 atom stereocenters. The molecule has 0 saturated carbocycles. The lowest BCUT2D eigenvalue weighted by atomic mass is 10.0. The van der Waals surface area contributed by atoms with Crippen molar-refractivity contribution in [2.24, 2.45) is 0 Å². The number of carbonyl (C=O) groups excluding carboxylic acids is 1. The number of hydrogen-bond acceptors (Lipinski definition) is 2. The van der Waals surface area contributed by atoms with Crippen LogP contribution in [0.3, 0.4) is 0 Å². The number of aromatic hydroxyl groups is 1. The zero-order valence-electron chi connectivity index (χ0n) is 10.0. The summed E-state index contributed by atoms with van der Waals surface area (Å²) in [6.45, 7) is 0. The van der Waals surface area contributed by atoms with E-state index in [2.05, 4.69) is 0 Å². The molecule has 0 amide bonds. The first-order chi connectivity index (χ1) is 9.20. The summed E-state index contributed by atoms with van der Waals surface area (Å²) in [6, 6.07) is 12.5. The van der Waals surface area contributed by atoms with Gasteiger partial charge in [-0.05, 0) is 35.9 Å². The second-order valence-electron chi connectivity index (χ2n) is 3.92. The molecule has 2 aromatic carbocycles. The van der Waals surface area contributed by atoms with Gasteiger partial charge in [0, 0.05) is 5.56 Å². The maximum atomic E-state index is 13.0. The molecule has 2 rings (SSSR count). The molecule has 1 N–H and O–H groups in total. The van der Waals surface area contributed by atoms with Crippen LogP contribution in [0.4, 0.5) is 4.39 Å². The third-order valence-corrected chi connectivity index (χ3v) is 2.60. The molecule has 3 heteroatoms. The Balaban J connectivity index is 2.31. The Morgan fingerprint density at radius 2 is 1.95 bits per heavy atom. The Labute approximate surface area is 110 Å². The van der Waals surface area contributed by atoms with Crippen molar-refractivity contribution in [1.82, 2.24) is 0 Å². The highest BCUT2D eigenvalue weighted by Gasteiger charge is 2.04. The lowest BCUT2D eigenvalue weighted by Crippen LogP contribution is -1.83. The maximum absolute atomic E-state index is 13.0. The van der Waals surface area contributed by atoms with Crippen molar-refractivity contribution >= 4 is 17.6 Å². The summed E-state index contributed by atoms with van der Waals surface area (Å²) in [5, 5.41) is 9.66. The zero-order valence-corrected chi connectivity index (χ0v) is 10.0. The molecule has 2 aromatic rings. The van der Waals surface area contributed by atoms with Crippen molar-refractivity contribution in [1.29, 1.82) is 0 Å². The second-order valence-corrected chi connectivity index (χ2v) is 3.92. The Kier molecular flexibility index (Phi) is 3.91. The highest BCUT2D eigenvalue weighted by atomic mass is 19.1. The molecule has 0 bridgehead atoms. The van der Waals surface area contributed by atoms with E-state index in [0.29, 0.717) is 11.1 Å². The predicted octanol–water partition coefficient (Wildman–Crippen LogP) is 3.46. The van der Waals surface area contributed by atoms with Gasteiger partial charge in [-0.1, -0.05) is 30.3 Å². The van der Waals surface area contributed by atoms with Gasteiger partial charge in [-0.3, -0.25) is 0 Å².